The van der Waals surface area contributed by atoms with E-state index in [0.717, 1.165) is 12.2 Å². The minimum Gasteiger partial charge on any atom is -0.457 e. The third-order valence-corrected chi connectivity index (χ3v) is 5.54. The van der Waals surface area contributed by atoms with E-state index in [1.165, 1.54) is 0 Å². The molecule has 27 heavy (non-hydrogen) atoms. The molecule has 1 saturated heterocycles. The quantitative estimate of drug-likeness (QED) is 0.820. The summed E-state index contributed by atoms with van der Waals surface area (Å²) in [6, 6.07) is 16.2. The summed E-state index contributed by atoms with van der Waals surface area (Å²) < 4.78 is 5.76. The molecule has 0 aliphatic carbocycles. The van der Waals surface area contributed by atoms with Gasteiger partial charge in [-0.15, -0.1) is 11.8 Å². The summed E-state index contributed by atoms with van der Waals surface area (Å²) in [6.45, 7) is 3.99. The maximum absolute atomic E-state index is 12.9. The second-order valence-corrected chi connectivity index (χ2v) is 7.55. The molecule has 2 aromatic carbocycles. The van der Waals surface area contributed by atoms with Gasteiger partial charge in [0, 0.05) is 17.4 Å². The lowest BCUT2D eigenvalue weighted by molar-refractivity contribution is -0.125. The lowest BCUT2D eigenvalue weighted by Crippen LogP contribution is -2.49. The average molecular weight is 385 g/mol. The van der Waals surface area contributed by atoms with Crippen molar-refractivity contribution in [1.82, 2.24) is 10.2 Å². The predicted octanol–water partition coefficient (Wildman–Crippen LogP) is 3.91. The van der Waals surface area contributed by atoms with Crippen molar-refractivity contribution in [2.45, 2.75) is 32.4 Å². The number of hydrogen-bond acceptors (Lipinski definition) is 4. The van der Waals surface area contributed by atoms with Gasteiger partial charge in [0.15, 0.2) is 0 Å². The molecule has 3 rings (SSSR count). The lowest BCUT2D eigenvalue weighted by Gasteiger charge is -2.24. The zero-order chi connectivity index (χ0) is 19.2. The Morgan fingerprint density at radius 1 is 1.15 bits per heavy atom. The van der Waals surface area contributed by atoms with Crippen LogP contribution in [0.4, 0.5) is 0 Å². The zero-order valence-electron chi connectivity index (χ0n) is 15.6. The first-order valence-corrected chi connectivity index (χ1v) is 10.3. The number of carbonyl (C=O) groups excluding carboxylic acids is 2. The average Bonchev–Trinajstić information content (AvgIpc) is 3.18. The summed E-state index contributed by atoms with van der Waals surface area (Å²) in [5.74, 6) is 2.36. The highest BCUT2D eigenvalue weighted by Gasteiger charge is 2.35. The van der Waals surface area contributed by atoms with Crippen LogP contribution in [0.1, 0.15) is 30.6 Å². The normalized spacial score (nSPS) is 17.4. The Labute approximate surface area is 164 Å². The lowest BCUT2D eigenvalue weighted by atomic mass is 10.1. The number of amides is 2. The van der Waals surface area contributed by atoms with E-state index >= 15 is 0 Å². The second-order valence-electron chi connectivity index (χ2n) is 6.55. The molecule has 6 heteroatoms. The molecule has 2 aromatic rings. The van der Waals surface area contributed by atoms with Crippen LogP contribution in [-0.4, -0.2) is 40.4 Å². The molecule has 1 aliphatic heterocycles. The highest BCUT2D eigenvalue weighted by atomic mass is 32.2. The largest absolute Gasteiger partial charge is 0.457 e. The Bertz CT molecular complexity index is 780. The third kappa shape index (κ3) is 4.83. The molecular weight excluding hydrogens is 360 g/mol. The van der Waals surface area contributed by atoms with E-state index in [1.54, 1.807) is 40.9 Å². The van der Waals surface area contributed by atoms with Gasteiger partial charge in [0.2, 0.25) is 5.91 Å². The number of nitrogens with zero attached hydrogens (tertiary/aromatic N) is 1. The first-order valence-electron chi connectivity index (χ1n) is 9.10. The van der Waals surface area contributed by atoms with Crippen molar-refractivity contribution in [2.24, 2.45) is 0 Å². The third-order valence-electron chi connectivity index (χ3n) is 4.53. The molecule has 1 heterocycles. The van der Waals surface area contributed by atoms with Crippen LogP contribution in [-0.2, 0) is 4.79 Å². The van der Waals surface area contributed by atoms with Crippen molar-refractivity contribution < 1.29 is 14.3 Å². The molecular formula is C21H24N2O3S. The summed E-state index contributed by atoms with van der Waals surface area (Å²) in [6.07, 6.45) is 0.864. The summed E-state index contributed by atoms with van der Waals surface area (Å²) in [5, 5.41) is 2.98. The van der Waals surface area contributed by atoms with Gasteiger partial charge in [-0.25, -0.2) is 0 Å². The number of rotatable bonds is 6. The van der Waals surface area contributed by atoms with Gasteiger partial charge in [-0.1, -0.05) is 25.1 Å². The Morgan fingerprint density at radius 3 is 2.48 bits per heavy atom. The number of carbonyl (C=O) groups is 2. The van der Waals surface area contributed by atoms with E-state index in [-0.39, 0.29) is 17.9 Å². The van der Waals surface area contributed by atoms with Crippen LogP contribution in [0, 0.1) is 0 Å². The molecule has 0 aromatic heterocycles. The Balaban J connectivity index is 1.66. The van der Waals surface area contributed by atoms with Gasteiger partial charge >= 0.3 is 0 Å². The number of nitrogens with one attached hydrogen (secondary N) is 1. The van der Waals surface area contributed by atoms with Gasteiger partial charge in [-0.3, -0.25) is 9.59 Å². The molecule has 5 nitrogen and oxygen atoms in total. The summed E-state index contributed by atoms with van der Waals surface area (Å²) in [5.41, 5.74) is 0.555. The molecule has 2 amide bonds. The summed E-state index contributed by atoms with van der Waals surface area (Å²) >= 11 is 1.60. The van der Waals surface area contributed by atoms with E-state index in [9.17, 15) is 9.59 Å². The standard InChI is InChI=1S/C21H24N2O3S/c1-3-15(2)22-20(24)19-13-27-14-23(19)21(25)16-9-11-18(12-10-16)26-17-7-5-4-6-8-17/h4-12,15,19H,3,13-14H2,1-2H3,(H,22,24). The molecule has 1 N–H and O–H groups in total. The fourth-order valence-corrected chi connectivity index (χ4v) is 3.91. The highest BCUT2D eigenvalue weighted by molar-refractivity contribution is 7.99. The van der Waals surface area contributed by atoms with E-state index in [1.807, 2.05) is 44.2 Å². The number of benzene rings is 2. The van der Waals surface area contributed by atoms with Gasteiger partial charge in [0.25, 0.3) is 5.91 Å². The van der Waals surface area contributed by atoms with E-state index in [4.69, 9.17) is 4.74 Å². The van der Waals surface area contributed by atoms with Crippen LogP contribution in [0.15, 0.2) is 54.6 Å². The Kier molecular flexibility index (Phi) is 6.40. The molecule has 142 valence electrons. The number of ether oxygens (including phenoxy) is 1. The van der Waals surface area contributed by atoms with Crippen LogP contribution < -0.4 is 10.1 Å². The SMILES string of the molecule is CCC(C)NC(=O)C1CSCN1C(=O)c1ccc(Oc2ccccc2)cc1. The summed E-state index contributed by atoms with van der Waals surface area (Å²) in [7, 11) is 0. The highest BCUT2D eigenvalue weighted by Crippen LogP contribution is 2.25. The monoisotopic (exact) mass is 384 g/mol. The maximum atomic E-state index is 12.9. The van der Waals surface area contributed by atoms with E-state index in [2.05, 4.69) is 5.32 Å². The summed E-state index contributed by atoms with van der Waals surface area (Å²) in [4.78, 5) is 27.0. The maximum Gasteiger partial charge on any atom is 0.255 e. The fraction of sp³-hybridized carbons (Fsp3) is 0.333. The van der Waals surface area contributed by atoms with Crippen LogP contribution >= 0.6 is 11.8 Å². The zero-order valence-corrected chi connectivity index (χ0v) is 16.4. The van der Waals surface area contributed by atoms with Crippen molar-refractivity contribution in [3.63, 3.8) is 0 Å². The molecule has 0 radical (unpaired) electrons. The fourth-order valence-electron chi connectivity index (χ4n) is 2.76. The van der Waals surface area contributed by atoms with Gasteiger partial charge in [0.05, 0.1) is 5.88 Å². The molecule has 0 spiro atoms. The number of thioether (sulfide) groups is 1. The van der Waals surface area contributed by atoms with Crippen LogP contribution in [0.3, 0.4) is 0 Å². The van der Waals surface area contributed by atoms with Crippen molar-refractivity contribution in [1.29, 1.82) is 0 Å². The van der Waals surface area contributed by atoms with E-state index < -0.39 is 6.04 Å². The van der Waals surface area contributed by atoms with Gasteiger partial charge in [-0.05, 0) is 49.7 Å². The molecule has 1 fully saturated rings. The van der Waals surface area contributed by atoms with Crippen LogP contribution in [0.25, 0.3) is 0 Å². The van der Waals surface area contributed by atoms with Crippen molar-refractivity contribution in [3.8, 4) is 11.5 Å². The first kappa shape index (κ1) is 19.3. The van der Waals surface area contributed by atoms with Crippen LogP contribution in [0.2, 0.25) is 0 Å². The van der Waals surface area contributed by atoms with E-state index in [0.29, 0.717) is 22.9 Å². The topological polar surface area (TPSA) is 58.6 Å². The van der Waals surface area contributed by atoms with Gasteiger partial charge < -0.3 is 15.0 Å². The smallest absolute Gasteiger partial charge is 0.255 e. The van der Waals surface area contributed by atoms with Gasteiger partial charge in [-0.2, -0.15) is 0 Å². The Morgan fingerprint density at radius 2 is 1.81 bits per heavy atom. The number of hydrogen-bond donors (Lipinski definition) is 1. The molecule has 0 saturated carbocycles. The second kappa shape index (κ2) is 8.95. The van der Waals surface area contributed by atoms with Crippen LogP contribution in [0.5, 0.6) is 11.5 Å². The van der Waals surface area contributed by atoms with Crippen molar-refractivity contribution in [3.05, 3.63) is 60.2 Å². The Hall–Kier alpha value is -2.47. The van der Waals surface area contributed by atoms with Crippen molar-refractivity contribution >= 4 is 23.6 Å². The first-order chi connectivity index (χ1) is 13.1. The van der Waals surface area contributed by atoms with Gasteiger partial charge in [0.1, 0.15) is 17.5 Å². The molecule has 2 unspecified atom stereocenters. The predicted molar refractivity (Wildman–Crippen MR) is 108 cm³/mol. The molecule has 2 atom stereocenters. The minimum atomic E-state index is -0.420. The van der Waals surface area contributed by atoms with Crippen molar-refractivity contribution in [2.75, 3.05) is 11.6 Å². The molecule has 1 aliphatic rings. The molecule has 0 bridgehead atoms. The number of para-hydroxylation sites is 1. The minimum absolute atomic E-state index is 0.0771.